The highest BCUT2D eigenvalue weighted by atomic mass is 28.4. The second-order valence-corrected chi connectivity index (χ2v) is 14.9. The largest absolute Gasteiger partial charge is 0.407 e. The summed E-state index contributed by atoms with van der Waals surface area (Å²) >= 11 is 0. The fourth-order valence-electron chi connectivity index (χ4n) is 4.55. The summed E-state index contributed by atoms with van der Waals surface area (Å²) in [4.78, 5) is 0. The minimum atomic E-state index is -2.55. The SMILES string of the molecule is CC1(C)OCCC(C(C)(C)CO[Si](c2ccccc2)(c2ccccc2)C(C)(C)C)O1. The van der Waals surface area contributed by atoms with Crippen LogP contribution in [-0.2, 0) is 13.9 Å². The second-order valence-electron chi connectivity index (χ2n) is 10.6. The predicted octanol–water partition coefficient (Wildman–Crippen LogP) is 5.13. The first-order valence-corrected chi connectivity index (χ1v) is 13.0. The lowest BCUT2D eigenvalue weighted by Crippen LogP contribution is -2.67. The van der Waals surface area contributed by atoms with E-state index in [0.717, 1.165) is 13.0 Å². The molecule has 0 radical (unpaired) electrons. The van der Waals surface area contributed by atoms with Crippen molar-refractivity contribution < 1.29 is 13.9 Å². The van der Waals surface area contributed by atoms with E-state index >= 15 is 0 Å². The first-order chi connectivity index (χ1) is 14.0. The third kappa shape index (κ3) is 4.72. The average molecular weight is 427 g/mol. The van der Waals surface area contributed by atoms with Gasteiger partial charge in [-0.25, -0.2) is 0 Å². The third-order valence-electron chi connectivity index (χ3n) is 6.20. The van der Waals surface area contributed by atoms with Crippen LogP contribution in [0.15, 0.2) is 60.7 Å². The van der Waals surface area contributed by atoms with Gasteiger partial charge in [0.25, 0.3) is 8.32 Å². The normalized spacial score (nSPS) is 20.2. The van der Waals surface area contributed by atoms with Gasteiger partial charge in [0.1, 0.15) is 0 Å². The van der Waals surface area contributed by atoms with Crippen molar-refractivity contribution in [3.63, 3.8) is 0 Å². The van der Waals surface area contributed by atoms with E-state index in [4.69, 9.17) is 13.9 Å². The highest BCUT2D eigenvalue weighted by Crippen LogP contribution is 2.40. The van der Waals surface area contributed by atoms with Crippen LogP contribution in [-0.4, -0.2) is 33.4 Å². The van der Waals surface area contributed by atoms with Crippen LogP contribution in [0.25, 0.3) is 0 Å². The standard InChI is InChI=1S/C26H38O3Si/c1-24(2,3)30(21-14-10-8-11-15-21,22-16-12-9-13-17-22)28-20-25(4,5)23-18-19-27-26(6,7)29-23/h8-17,23H,18-20H2,1-7H3. The molecule has 0 aliphatic carbocycles. The van der Waals surface area contributed by atoms with Gasteiger partial charge in [0, 0.05) is 12.0 Å². The molecule has 1 unspecified atom stereocenters. The summed E-state index contributed by atoms with van der Waals surface area (Å²) in [6.45, 7) is 16.8. The molecular formula is C26H38O3Si. The fourth-order valence-corrected chi connectivity index (χ4v) is 9.29. The molecule has 1 heterocycles. The van der Waals surface area contributed by atoms with Gasteiger partial charge in [0.15, 0.2) is 5.79 Å². The number of hydrogen-bond donors (Lipinski definition) is 0. The highest BCUT2D eigenvalue weighted by Gasteiger charge is 2.51. The molecule has 1 fully saturated rings. The molecule has 164 valence electrons. The molecule has 0 spiro atoms. The van der Waals surface area contributed by atoms with Gasteiger partial charge in [-0.15, -0.1) is 0 Å². The van der Waals surface area contributed by atoms with Crippen LogP contribution < -0.4 is 10.4 Å². The van der Waals surface area contributed by atoms with Gasteiger partial charge in [-0.1, -0.05) is 95.3 Å². The van der Waals surface area contributed by atoms with Gasteiger partial charge < -0.3 is 13.9 Å². The topological polar surface area (TPSA) is 27.7 Å². The quantitative estimate of drug-likeness (QED) is 0.599. The van der Waals surface area contributed by atoms with Gasteiger partial charge in [-0.2, -0.15) is 0 Å². The van der Waals surface area contributed by atoms with Crippen LogP contribution in [0, 0.1) is 5.41 Å². The van der Waals surface area contributed by atoms with Crippen LogP contribution in [0.2, 0.25) is 5.04 Å². The molecule has 2 aromatic rings. The van der Waals surface area contributed by atoms with Crippen molar-refractivity contribution in [3.05, 3.63) is 60.7 Å². The summed E-state index contributed by atoms with van der Waals surface area (Å²) < 4.78 is 19.3. The van der Waals surface area contributed by atoms with Crippen molar-refractivity contribution >= 4 is 18.7 Å². The monoisotopic (exact) mass is 426 g/mol. The minimum Gasteiger partial charge on any atom is -0.407 e. The molecule has 0 bridgehead atoms. The molecule has 1 saturated heterocycles. The van der Waals surface area contributed by atoms with Crippen molar-refractivity contribution in [2.45, 2.75) is 71.8 Å². The minimum absolute atomic E-state index is 0.0262. The number of rotatable bonds is 6. The van der Waals surface area contributed by atoms with Crippen LogP contribution in [0.3, 0.4) is 0 Å². The number of benzene rings is 2. The molecule has 1 aliphatic heterocycles. The Bertz CT molecular complexity index is 770. The van der Waals surface area contributed by atoms with Crippen molar-refractivity contribution in [2.75, 3.05) is 13.2 Å². The van der Waals surface area contributed by atoms with Crippen LogP contribution in [0.1, 0.15) is 54.9 Å². The third-order valence-corrected chi connectivity index (χ3v) is 11.2. The van der Waals surface area contributed by atoms with E-state index in [1.807, 2.05) is 13.8 Å². The Morgan fingerprint density at radius 1 is 0.900 bits per heavy atom. The molecule has 4 heteroatoms. The molecule has 3 nitrogen and oxygen atoms in total. The summed E-state index contributed by atoms with van der Waals surface area (Å²) in [6.07, 6.45) is 0.986. The van der Waals surface area contributed by atoms with E-state index < -0.39 is 14.1 Å². The van der Waals surface area contributed by atoms with Crippen molar-refractivity contribution in [1.29, 1.82) is 0 Å². The summed E-state index contributed by atoms with van der Waals surface area (Å²) in [5, 5.41) is 2.60. The molecule has 0 amide bonds. The predicted molar refractivity (Wildman–Crippen MR) is 127 cm³/mol. The lowest BCUT2D eigenvalue weighted by atomic mass is 9.85. The Morgan fingerprint density at radius 2 is 1.40 bits per heavy atom. The van der Waals surface area contributed by atoms with Gasteiger partial charge in [-0.05, 0) is 35.7 Å². The summed E-state index contributed by atoms with van der Waals surface area (Å²) in [5.74, 6) is -0.544. The summed E-state index contributed by atoms with van der Waals surface area (Å²) in [5.41, 5.74) is -0.131. The lowest BCUT2D eigenvalue weighted by molar-refractivity contribution is -0.293. The first kappa shape index (κ1) is 23.2. The zero-order valence-electron chi connectivity index (χ0n) is 19.7. The average Bonchev–Trinajstić information content (AvgIpc) is 2.68. The molecule has 0 aromatic heterocycles. The Morgan fingerprint density at radius 3 is 1.83 bits per heavy atom. The second kappa shape index (κ2) is 8.58. The van der Waals surface area contributed by atoms with Crippen LogP contribution in [0.5, 0.6) is 0 Å². The van der Waals surface area contributed by atoms with E-state index in [-0.39, 0.29) is 16.6 Å². The molecule has 2 aromatic carbocycles. The van der Waals surface area contributed by atoms with Gasteiger partial charge in [0.05, 0.1) is 12.7 Å². The molecular weight excluding hydrogens is 388 g/mol. The Labute approximate surface area is 183 Å². The van der Waals surface area contributed by atoms with Gasteiger partial charge >= 0.3 is 0 Å². The van der Waals surface area contributed by atoms with Gasteiger partial charge in [-0.3, -0.25) is 0 Å². The first-order valence-electron chi connectivity index (χ1n) is 11.0. The van der Waals surface area contributed by atoms with Crippen molar-refractivity contribution in [1.82, 2.24) is 0 Å². The Balaban J connectivity index is 1.99. The molecule has 0 N–H and O–H groups in total. The molecule has 0 saturated carbocycles. The van der Waals surface area contributed by atoms with Crippen molar-refractivity contribution in [2.24, 2.45) is 5.41 Å². The van der Waals surface area contributed by atoms with E-state index in [1.54, 1.807) is 0 Å². The molecule has 1 aliphatic rings. The summed E-state index contributed by atoms with van der Waals surface area (Å²) in [7, 11) is -2.55. The molecule has 30 heavy (non-hydrogen) atoms. The Hall–Kier alpha value is -1.46. The zero-order valence-corrected chi connectivity index (χ0v) is 20.7. The zero-order chi connectivity index (χ0) is 22.0. The highest BCUT2D eigenvalue weighted by molar-refractivity contribution is 6.99. The van der Waals surface area contributed by atoms with E-state index in [9.17, 15) is 0 Å². The van der Waals surface area contributed by atoms with Crippen molar-refractivity contribution in [3.8, 4) is 0 Å². The van der Waals surface area contributed by atoms with E-state index in [2.05, 4.69) is 95.3 Å². The molecule has 3 rings (SSSR count). The van der Waals surface area contributed by atoms with Crippen LogP contribution >= 0.6 is 0 Å². The van der Waals surface area contributed by atoms with E-state index in [0.29, 0.717) is 6.61 Å². The molecule has 1 atom stereocenters. The Kier molecular flexibility index (Phi) is 6.64. The maximum absolute atomic E-state index is 7.17. The smallest absolute Gasteiger partial charge is 0.261 e. The summed E-state index contributed by atoms with van der Waals surface area (Å²) in [6, 6.07) is 21.6. The van der Waals surface area contributed by atoms with E-state index in [1.165, 1.54) is 10.4 Å². The maximum Gasteiger partial charge on any atom is 0.261 e. The fraction of sp³-hybridized carbons (Fsp3) is 0.538. The van der Waals surface area contributed by atoms with Crippen LogP contribution in [0.4, 0.5) is 0 Å². The number of hydrogen-bond acceptors (Lipinski definition) is 3. The maximum atomic E-state index is 7.17. The number of ether oxygens (including phenoxy) is 2. The lowest BCUT2D eigenvalue weighted by Gasteiger charge is -2.47. The van der Waals surface area contributed by atoms with Gasteiger partial charge in [0.2, 0.25) is 0 Å².